The van der Waals surface area contributed by atoms with Gasteiger partial charge in [0.1, 0.15) is 19.8 Å². The lowest BCUT2D eigenvalue weighted by molar-refractivity contribution is -0.147. The third-order valence-corrected chi connectivity index (χ3v) is 4.07. The maximum atomic E-state index is 12.1. The van der Waals surface area contributed by atoms with Crippen LogP contribution in [0.25, 0.3) is 0 Å². The highest BCUT2D eigenvalue weighted by Crippen LogP contribution is 2.32. The number of rotatable bonds is 7. The third-order valence-electron chi connectivity index (χ3n) is 4.07. The Kier molecular flexibility index (Phi) is 6.25. The van der Waals surface area contributed by atoms with Crippen molar-refractivity contribution >= 4 is 17.8 Å². The van der Waals surface area contributed by atoms with Gasteiger partial charge in [0.25, 0.3) is 5.91 Å². The van der Waals surface area contributed by atoms with Gasteiger partial charge >= 0.3 is 5.97 Å². The predicted octanol–water partition coefficient (Wildman–Crippen LogP) is 1.10. The number of hydrogen-bond acceptors (Lipinski definition) is 8. The number of anilines is 1. The molecule has 1 amide bonds. The van der Waals surface area contributed by atoms with E-state index < -0.39 is 11.9 Å². The molecule has 3 rings (SSSR count). The van der Waals surface area contributed by atoms with Gasteiger partial charge in [-0.1, -0.05) is 6.07 Å². The van der Waals surface area contributed by atoms with E-state index in [-0.39, 0.29) is 19.2 Å². The van der Waals surface area contributed by atoms with E-state index in [1.807, 2.05) is 25.1 Å². The van der Waals surface area contributed by atoms with Crippen molar-refractivity contribution in [1.29, 1.82) is 0 Å². The monoisotopic (exact) mass is 386 g/mol. The molecular formula is C19H22N4O5. The second-order valence-corrected chi connectivity index (χ2v) is 6.26. The van der Waals surface area contributed by atoms with Crippen LogP contribution in [-0.4, -0.2) is 55.3 Å². The van der Waals surface area contributed by atoms with Crippen LogP contribution in [0.1, 0.15) is 18.5 Å². The topological polar surface area (TPSA) is 103 Å². The van der Waals surface area contributed by atoms with Gasteiger partial charge in [0.2, 0.25) is 5.95 Å². The Hall–Kier alpha value is -3.36. The Morgan fingerprint density at radius 3 is 2.68 bits per heavy atom. The van der Waals surface area contributed by atoms with Crippen molar-refractivity contribution in [2.75, 3.05) is 38.3 Å². The van der Waals surface area contributed by atoms with Crippen molar-refractivity contribution in [2.24, 2.45) is 0 Å². The lowest BCUT2D eigenvalue weighted by atomic mass is 10.1. The molecular weight excluding hydrogens is 364 g/mol. The molecule has 0 fully saturated rings. The summed E-state index contributed by atoms with van der Waals surface area (Å²) in [6.45, 7) is 2.43. The molecule has 0 spiro atoms. The SMILES string of the molecule is C[C@H](NC(=O)COC(=O)CN(C)c1ncccn1)c1ccc2c(c1)OCCO2. The fourth-order valence-electron chi connectivity index (χ4n) is 2.64. The molecule has 1 aliphatic heterocycles. The molecule has 1 aromatic carbocycles. The molecule has 0 saturated carbocycles. The van der Waals surface area contributed by atoms with Crippen LogP contribution in [0.4, 0.5) is 5.95 Å². The number of amides is 1. The molecule has 0 saturated heterocycles. The summed E-state index contributed by atoms with van der Waals surface area (Å²) in [4.78, 5) is 33.6. The minimum atomic E-state index is -0.544. The molecule has 0 bridgehead atoms. The van der Waals surface area contributed by atoms with E-state index in [1.54, 1.807) is 25.5 Å². The van der Waals surface area contributed by atoms with Crippen LogP contribution in [0, 0.1) is 0 Å². The van der Waals surface area contributed by atoms with Gasteiger partial charge in [0, 0.05) is 19.4 Å². The third kappa shape index (κ3) is 5.09. The van der Waals surface area contributed by atoms with Crippen molar-refractivity contribution in [3.05, 3.63) is 42.2 Å². The molecule has 0 unspecified atom stereocenters. The number of nitrogens with zero attached hydrogens (tertiary/aromatic N) is 3. The van der Waals surface area contributed by atoms with Gasteiger partial charge in [-0.3, -0.25) is 9.59 Å². The molecule has 1 aromatic heterocycles. The Labute approximate surface area is 162 Å². The molecule has 148 valence electrons. The first kappa shape index (κ1) is 19.4. The summed E-state index contributed by atoms with van der Waals surface area (Å²) in [6, 6.07) is 6.92. The minimum Gasteiger partial charge on any atom is -0.486 e. The number of likely N-dealkylation sites (N-methyl/N-ethyl adjacent to an activating group) is 1. The molecule has 9 heteroatoms. The van der Waals surface area contributed by atoms with Gasteiger partial charge in [-0.2, -0.15) is 0 Å². The van der Waals surface area contributed by atoms with E-state index in [2.05, 4.69) is 15.3 Å². The van der Waals surface area contributed by atoms with Crippen LogP contribution in [0.15, 0.2) is 36.7 Å². The number of aromatic nitrogens is 2. The molecule has 2 aromatic rings. The van der Waals surface area contributed by atoms with E-state index in [4.69, 9.17) is 14.2 Å². The Bertz CT molecular complexity index is 830. The number of nitrogens with one attached hydrogen (secondary N) is 1. The molecule has 9 nitrogen and oxygen atoms in total. The highest BCUT2D eigenvalue weighted by atomic mass is 16.6. The number of benzene rings is 1. The summed E-state index contributed by atoms with van der Waals surface area (Å²) in [5.74, 6) is 0.805. The minimum absolute atomic E-state index is 0.0605. The van der Waals surface area contributed by atoms with Crippen LogP contribution in [0.5, 0.6) is 11.5 Å². The molecule has 1 N–H and O–H groups in total. The molecule has 28 heavy (non-hydrogen) atoms. The van der Waals surface area contributed by atoms with Crippen molar-refractivity contribution < 1.29 is 23.8 Å². The summed E-state index contributed by atoms with van der Waals surface area (Å²) in [6.07, 6.45) is 3.16. The first-order valence-corrected chi connectivity index (χ1v) is 8.85. The molecule has 2 heterocycles. The van der Waals surface area contributed by atoms with E-state index >= 15 is 0 Å². The first-order chi connectivity index (χ1) is 13.5. The van der Waals surface area contributed by atoms with Crippen molar-refractivity contribution in [2.45, 2.75) is 13.0 Å². The molecule has 0 aliphatic carbocycles. The second kappa shape index (κ2) is 9.03. The number of carbonyl (C=O) groups excluding carboxylic acids is 2. The number of fused-ring (bicyclic) bond motifs is 1. The fourth-order valence-corrected chi connectivity index (χ4v) is 2.64. The van der Waals surface area contributed by atoms with E-state index in [9.17, 15) is 9.59 Å². The molecule has 1 aliphatic rings. The van der Waals surface area contributed by atoms with Crippen molar-refractivity contribution in [3.8, 4) is 11.5 Å². The summed E-state index contributed by atoms with van der Waals surface area (Å²) in [5, 5.41) is 2.79. The number of ether oxygens (including phenoxy) is 3. The van der Waals surface area contributed by atoms with E-state index in [0.717, 1.165) is 5.56 Å². The van der Waals surface area contributed by atoms with E-state index in [0.29, 0.717) is 30.7 Å². The van der Waals surface area contributed by atoms with Crippen LogP contribution in [-0.2, 0) is 14.3 Å². The number of hydrogen-bond donors (Lipinski definition) is 1. The van der Waals surface area contributed by atoms with Crippen LogP contribution in [0.3, 0.4) is 0 Å². The highest BCUT2D eigenvalue weighted by Gasteiger charge is 2.17. The normalized spacial score (nSPS) is 13.4. The zero-order chi connectivity index (χ0) is 19.9. The standard InChI is InChI=1S/C19H22N4O5/c1-13(14-4-5-15-16(10-14)27-9-8-26-15)22-17(24)12-28-18(25)11-23(2)19-20-6-3-7-21-19/h3-7,10,13H,8-9,11-12H2,1-2H3,(H,22,24)/t13-/m0/s1. The van der Waals surface area contributed by atoms with Gasteiger partial charge in [0.15, 0.2) is 18.1 Å². The number of esters is 1. The van der Waals surface area contributed by atoms with E-state index in [1.165, 1.54) is 4.90 Å². The van der Waals surface area contributed by atoms with Gasteiger partial charge in [-0.25, -0.2) is 9.97 Å². The largest absolute Gasteiger partial charge is 0.486 e. The lowest BCUT2D eigenvalue weighted by Gasteiger charge is -2.21. The summed E-state index contributed by atoms with van der Waals surface area (Å²) in [7, 11) is 1.67. The second-order valence-electron chi connectivity index (χ2n) is 6.26. The van der Waals surface area contributed by atoms with Gasteiger partial charge < -0.3 is 24.4 Å². The summed E-state index contributed by atoms with van der Waals surface area (Å²) < 4.78 is 16.1. The van der Waals surface area contributed by atoms with Gasteiger partial charge in [-0.05, 0) is 30.7 Å². The average molecular weight is 386 g/mol. The molecule has 1 atom stereocenters. The van der Waals surface area contributed by atoms with Crippen molar-refractivity contribution in [3.63, 3.8) is 0 Å². The number of carbonyl (C=O) groups is 2. The predicted molar refractivity (Wildman–Crippen MR) is 100 cm³/mol. The van der Waals surface area contributed by atoms with Crippen LogP contribution in [0.2, 0.25) is 0 Å². The van der Waals surface area contributed by atoms with Crippen molar-refractivity contribution in [1.82, 2.24) is 15.3 Å². The maximum absolute atomic E-state index is 12.1. The van der Waals surface area contributed by atoms with Crippen LogP contribution >= 0.6 is 0 Å². The van der Waals surface area contributed by atoms with Gasteiger partial charge in [-0.15, -0.1) is 0 Å². The molecule has 0 radical (unpaired) electrons. The van der Waals surface area contributed by atoms with Crippen LogP contribution < -0.4 is 19.7 Å². The first-order valence-electron chi connectivity index (χ1n) is 8.85. The quantitative estimate of drug-likeness (QED) is 0.706. The zero-order valence-corrected chi connectivity index (χ0v) is 15.8. The Morgan fingerprint density at radius 2 is 1.93 bits per heavy atom. The lowest BCUT2D eigenvalue weighted by Crippen LogP contribution is -2.34. The Balaban J connectivity index is 1.45. The Morgan fingerprint density at radius 1 is 1.21 bits per heavy atom. The summed E-state index contributed by atoms with van der Waals surface area (Å²) >= 11 is 0. The fraction of sp³-hybridized carbons (Fsp3) is 0.368. The summed E-state index contributed by atoms with van der Waals surface area (Å²) in [5.41, 5.74) is 0.866. The van der Waals surface area contributed by atoms with Gasteiger partial charge in [0.05, 0.1) is 6.04 Å². The average Bonchev–Trinajstić information content (AvgIpc) is 2.72. The smallest absolute Gasteiger partial charge is 0.326 e. The maximum Gasteiger partial charge on any atom is 0.326 e. The zero-order valence-electron chi connectivity index (χ0n) is 15.8. The highest BCUT2D eigenvalue weighted by molar-refractivity contribution is 5.82.